The van der Waals surface area contributed by atoms with E-state index in [0.29, 0.717) is 10.6 Å². The molecule has 2 aromatic rings. The number of benzene rings is 1. The van der Waals surface area contributed by atoms with E-state index in [1.165, 1.54) is 17.4 Å². The second kappa shape index (κ2) is 8.29. The lowest BCUT2D eigenvalue weighted by molar-refractivity contribution is -0.111. The lowest BCUT2D eigenvalue weighted by atomic mass is 10.0. The molecule has 2 heterocycles. The molecule has 1 aliphatic rings. The largest absolute Gasteiger partial charge is 0.365 e. The molecule has 1 aromatic carbocycles. The Morgan fingerprint density at radius 1 is 1.28 bits per heavy atom. The second-order valence-electron chi connectivity index (χ2n) is 5.79. The van der Waals surface area contributed by atoms with E-state index in [-0.39, 0.29) is 18.3 Å². The maximum atomic E-state index is 12.2. The quantitative estimate of drug-likeness (QED) is 0.804. The van der Waals surface area contributed by atoms with Gasteiger partial charge in [-0.05, 0) is 30.7 Å². The van der Waals surface area contributed by atoms with Crippen molar-refractivity contribution >= 4 is 46.6 Å². The average molecular weight is 378 g/mol. The maximum Gasteiger partial charge on any atom is 0.251 e. The zero-order chi connectivity index (χ0) is 17.1. The fourth-order valence-corrected chi connectivity index (χ4v) is 4.11. The summed E-state index contributed by atoms with van der Waals surface area (Å²) in [6.07, 6.45) is 3.97. The first-order valence-electron chi connectivity index (χ1n) is 7.71. The predicted octanol–water partition coefficient (Wildman–Crippen LogP) is 2.91. The van der Waals surface area contributed by atoms with Crippen LogP contribution in [0.2, 0.25) is 0 Å². The van der Waals surface area contributed by atoms with Crippen LogP contribution in [0.3, 0.4) is 0 Å². The number of nitrogens with zero attached hydrogens (tertiary/aromatic N) is 1. The molecule has 2 amide bonds. The second-order valence-corrected chi connectivity index (χ2v) is 6.90. The van der Waals surface area contributed by atoms with Crippen LogP contribution in [0.15, 0.2) is 36.4 Å². The fourth-order valence-electron chi connectivity index (χ4n) is 2.77. The molecule has 25 heavy (non-hydrogen) atoms. The molecule has 132 valence electrons. The minimum atomic E-state index is -0.487. The number of hydrogen-bond acceptors (Lipinski definition) is 4. The van der Waals surface area contributed by atoms with E-state index < -0.39 is 5.91 Å². The van der Waals surface area contributed by atoms with Crippen molar-refractivity contribution in [2.75, 3.05) is 18.9 Å². The van der Waals surface area contributed by atoms with Gasteiger partial charge in [-0.25, -0.2) is 0 Å². The lowest BCUT2D eigenvalue weighted by Crippen LogP contribution is -2.27. The van der Waals surface area contributed by atoms with Gasteiger partial charge in [-0.3, -0.25) is 9.59 Å². The predicted molar refractivity (Wildman–Crippen MR) is 104 cm³/mol. The van der Waals surface area contributed by atoms with Gasteiger partial charge in [0.25, 0.3) is 5.91 Å². The number of anilines is 1. The highest BCUT2D eigenvalue weighted by atomic mass is 35.5. The first-order valence-corrected chi connectivity index (χ1v) is 8.53. The molecule has 0 atom stereocenters. The van der Waals surface area contributed by atoms with Crippen LogP contribution in [-0.4, -0.2) is 30.3 Å². The minimum Gasteiger partial charge on any atom is -0.365 e. The van der Waals surface area contributed by atoms with Crippen LogP contribution in [0.1, 0.15) is 26.4 Å². The van der Waals surface area contributed by atoms with E-state index in [0.717, 1.165) is 35.5 Å². The number of amides is 2. The summed E-state index contributed by atoms with van der Waals surface area (Å²) in [5.41, 5.74) is 7.93. The summed E-state index contributed by atoms with van der Waals surface area (Å²) in [6, 6.07) is 9.57. The molecule has 0 fully saturated rings. The van der Waals surface area contributed by atoms with Crippen molar-refractivity contribution in [1.29, 1.82) is 0 Å². The number of likely N-dealkylation sites (N-methyl/N-ethyl adjacent to an activating group) is 1. The van der Waals surface area contributed by atoms with Gasteiger partial charge in [0, 0.05) is 24.0 Å². The van der Waals surface area contributed by atoms with Crippen molar-refractivity contribution in [2.24, 2.45) is 5.73 Å². The van der Waals surface area contributed by atoms with Crippen LogP contribution < -0.4 is 11.1 Å². The van der Waals surface area contributed by atoms with Crippen LogP contribution in [-0.2, 0) is 17.8 Å². The molecule has 3 N–H and O–H groups in total. The van der Waals surface area contributed by atoms with Crippen molar-refractivity contribution < 1.29 is 9.59 Å². The standard InChI is InChI=1S/C18H19N3O2S.ClH/c1-21-10-9-13-14(11-21)24-18(16(13)17(19)23)20-15(22)8-7-12-5-3-2-4-6-12;/h2-8H,9-11H2,1H3,(H2,19,23)(H,20,22);1H. The monoisotopic (exact) mass is 377 g/mol. The summed E-state index contributed by atoms with van der Waals surface area (Å²) in [4.78, 5) is 27.3. The first-order chi connectivity index (χ1) is 11.5. The Kier molecular flexibility index (Phi) is 6.36. The zero-order valence-electron chi connectivity index (χ0n) is 13.8. The molecular weight excluding hydrogens is 358 g/mol. The summed E-state index contributed by atoms with van der Waals surface area (Å²) in [7, 11) is 2.04. The van der Waals surface area contributed by atoms with Gasteiger partial charge < -0.3 is 16.0 Å². The normalized spacial score (nSPS) is 14.0. The van der Waals surface area contributed by atoms with Gasteiger partial charge in [0.1, 0.15) is 5.00 Å². The van der Waals surface area contributed by atoms with Crippen molar-refractivity contribution in [3.05, 3.63) is 58.0 Å². The van der Waals surface area contributed by atoms with Crippen molar-refractivity contribution in [2.45, 2.75) is 13.0 Å². The number of fused-ring (bicyclic) bond motifs is 1. The van der Waals surface area contributed by atoms with Gasteiger partial charge >= 0.3 is 0 Å². The van der Waals surface area contributed by atoms with Gasteiger partial charge in [0.05, 0.1) is 5.56 Å². The number of rotatable bonds is 4. The molecule has 0 spiro atoms. The Morgan fingerprint density at radius 2 is 2.00 bits per heavy atom. The molecule has 3 rings (SSSR count). The molecule has 0 saturated heterocycles. The molecule has 7 heteroatoms. The minimum absolute atomic E-state index is 0. The molecule has 1 aliphatic heterocycles. The van der Waals surface area contributed by atoms with Gasteiger partial charge in [-0.2, -0.15) is 0 Å². The van der Waals surface area contributed by atoms with E-state index in [2.05, 4.69) is 10.2 Å². The molecule has 0 saturated carbocycles. The Bertz CT molecular complexity index is 802. The van der Waals surface area contributed by atoms with Crippen LogP contribution in [0.4, 0.5) is 5.00 Å². The van der Waals surface area contributed by atoms with Crippen molar-refractivity contribution in [3.63, 3.8) is 0 Å². The SMILES string of the molecule is CN1CCc2c(sc(NC(=O)C=Cc3ccccc3)c2C(N)=O)C1.Cl. The van der Waals surface area contributed by atoms with Crippen LogP contribution >= 0.6 is 23.7 Å². The smallest absolute Gasteiger partial charge is 0.251 e. The van der Waals surface area contributed by atoms with Gasteiger partial charge in [0.2, 0.25) is 5.91 Å². The Labute approximate surface area is 156 Å². The summed E-state index contributed by atoms with van der Waals surface area (Å²) in [5, 5.41) is 3.35. The summed E-state index contributed by atoms with van der Waals surface area (Å²) in [5.74, 6) is -0.757. The Morgan fingerprint density at radius 3 is 2.68 bits per heavy atom. The molecule has 0 bridgehead atoms. The first kappa shape index (κ1) is 19.2. The molecule has 0 radical (unpaired) electrons. The molecule has 1 aromatic heterocycles. The third-order valence-corrected chi connectivity index (χ3v) is 5.09. The Balaban J connectivity index is 0.00000225. The highest BCUT2D eigenvalue weighted by Gasteiger charge is 2.26. The fraction of sp³-hybridized carbons (Fsp3) is 0.222. The molecule has 0 unspecified atom stereocenters. The summed E-state index contributed by atoms with van der Waals surface area (Å²) < 4.78 is 0. The number of thiophene rings is 1. The highest BCUT2D eigenvalue weighted by molar-refractivity contribution is 7.17. The van der Waals surface area contributed by atoms with Crippen LogP contribution in [0, 0.1) is 0 Å². The van der Waals surface area contributed by atoms with Crippen LogP contribution in [0.5, 0.6) is 0 Å². The average Bonchev–Trinajstić information content (AvgIpc) is 2.90. The number of halogens is 1. The summed E-state index contributed by atoms with van der Waals surface area (Å²) >= 11 is 1.44. The van der Waals surface area contributed by atoms with E-state index in [1.54, 1.807) is 6.08 Å². The maximum absolute atomic E-state index is 12.2. The Hall–Kier alpha value is -2.15. The lowest BCUT2D eigenvalue weighted by Gasteiger charge is -2.22. The van der Waals surface area contributed by atoms with E-state index in [4.69, 9.17) is 5.73 Å². The van der Waals surface area contributed by atoms with E-state index >= 15 is 0 Å². The number of carbonyl (C=O) groups is 2. The van der Waals surface area contributed by atoms with E-state index in [1.807, 2.05) is 37.4 Å². The third-order valence-electron chi connectivity index (χ3n) is 3.96. The number of carbonyl (C=O) groups excluding carboxylic acids is 2. The van der Waals surface area contributed by atoms with Crippen LogP contribution in [0.25, 0.3) is 6.08 Å². The molecule has 0 aliphatic carbocycles. The number of hydrogen-bond donors (Lipinski definition) is 2. The van der Waals surface area contributed by atoms with Gasteiger partial charge in [-0.1, -0.05) is 30.3 Å². The van der Waals surface area contributed by atoms with Gasteiger partial charge in [-0.15, -0.1) is 23.7 Å². The number of nitrogens with one attached hydrogen (secondary N) is 1. The third kappa shape index (κ3) is 4.48. The van der Waals surface area contributed by atoms with Crippen molar-refractivity contribution in [1.82, 2.24) is 4.90 Å². The zero-order valence-corrected chi connectivity index (χ0v) is 15.5. The molecular formula is C18H20ClN3O2S. The summed E-state index contributed by atoms with van der Waals surface area (Å²) in [6.45, 7) is 1.65. The number of primary amides is 1. The van der Waals surface area contributed by atoms with Gasteiger partial charge in [0.15, 0.2) is 0 Å². The van der Waals surface area contributed by atoms with E-state index in [9.17, 15) is 9.59 Å². The van der Waals surface area contributed by atoms with Crippen molar-refractivity contribution in [3.8, 4) is 0 Å². The topological polar surface area (TPSA) is 75.4 Å². The molecule has 5 nitrogen and oxygen atoms in total. The highest BCUT2D eigenvalue weighted by Crippen LogP contribution is 2.36. The number of nitrogens with two attached hydrogens (primary N) is 1.